The average Bonchev–Trinajstić information content (AvgIpc) is 2.86. The zero-order chi connectivity index (χ0) is 13.8. The van der Waals surface area contributed by atoms with E-state index in [1.165, 1.54) is 0 Å². The first-order chi connectivity index (χ1) is 9.08. The fourth-order valence-corrected chi connectivity index (χ4v) is 2.05. The van der Waals surface area contributed by atoms with Crippen LogP contribution in [-0.4, -0.2) is 25.7 Å². The number of hydrogen-bond donors (Lipinski definition) is 2. The number of anilines is 1. The Labute approximate surface area is 109 Å². The number of amides is 1. The number of nitrogens with one attached hydrogen (secondary N) is 1. The molecule has 0 spiro atoms. The van der Waals surface area contributed by atoms with Crippen LogP contribution in [0, 0.1) is 17.6 Å². The standard InChI is InChI=1S/C13H16F2N2O2/c14-10-5-9(12(16)6-11(10)15)13(18)17-3-1-8-2-4-19-7-8/h5-6,8H,1-4,7,16H2,(H,17,18). The molecule has 6 heteroatoms. The van der Waals surface area contributed by atoms with E-state index in [9.17, 15) is 13.6 Å². The van der Waals surface area contributed by atoms with Gasteiger partial charge in [-0.25, -0.2) is 8.78 Å². The van der Waals surface area contributed by atoms with Crippen molar-refractivity contribution in [1.29, 1.82) is 0 Å². The average molecular weight is 270 g/mol. The molecule has 4 nitrogen and oxygen atoms in total. The summed E-state index contributed by atoms with van der Waals surface area (Å²) < 4.78 is 31.2. The molecule has 0 aliphatic carbocycles. The Kier molecular flexibility index (Phi) is 4.31. The van der Waals surface area contributed by atoms with Gasteiger partial charge in [-0.1, -0.05) is 0 Å². The normalized spacial score (nSPS) is 18.5. The van der Waals surface area contributed by atoms with Gasteiger partial charge in [0.05, 0.1) is 5.56 Å². The Morgan fingerprint density at radius 2 is 2.16 bits per heavy atom. The number of carbonyl (C=O) groups excluding carboxylic acids is 1. The van der Waals surface area contributed by atoms with Crippen molar-refractivity contribution < 1.29 is 18.3 Å². The highest BCUT2D eigenvalue weighted by molar-refractivity contribution is 5.99. The fraction of sp³-hybridized carbons (Fsp3) is 0.462. The Bertz CT molecular complexity index is 474. The van der Waals surface area contributed by atoms with E-state index >= 15 is 0 Å². The van der Waals surface area contributed by atoms with Crippen LogP contribution in [-0.2, 0) is 4.74 Å². The lowest BCUT2D eigenvalue weighted by Crippen LogP contribution is -2.27. The maximum Gasteiger partial charge on any atom is 0.253 e. The number of rotatable bonds is 4. The van der Waals surface area contributed by atoms with Crippen LogP contribution in [0.4, 0.5) is 14.5 Å². The number of carbonyl (C=O) groups is 1. The Balaban J connectivity index is 1.90. The van der Waals surface area contributed by atoms with Gasteiger partial charge in [0.15, 0.2) is 11.6 Å². The summed E-state index contributed by atoms with van der Waals surface area (Å²) in [5.41, 5.74) is 5.39. The van der Waals surface area contributed by atoms with Crippen LogP contribution in [0.2, 0.25) is 0 Å². The van der Waals surface area contributed by atoms with E-state index in [1.807, 2.05) is 0 Å². The molecule has 1 aromatic rings. The van der Waals surface area contributed by atoms with Gasteiger partial charge in [-0.05, 0) is 24.8 Å². The molecule has 3 N–H and O–H groups in total. The second kappa shape index (κ2) is 5.97. The summed E-state index contributed by atoms with van der Waals surface area (Å²) in [5, 5.41) is 2.65. The number of hydrogen-bond acceptors (Lipinski definition) is 3. The molecular weight excluding hydrogens is 254 g/mol. The Morgan fingerprint density at radius 1 is 1.42 bits per heavy atom. The summed E-state index contributed by atoms with van der Waals surface area (Å²) in [7, 11) is 0. The van der Waals surface area contributed by atoms with Crippen LogP contribution in [0.3, 0.4) is 0 Å². The minimum absolute atomic E-state index is 0.0402. The Morgan fingerprint density at radius 3 is 2.84 bits per heavy atom. The van der Waals surface area contributed by atoms with Crippen LogP contribution in [0.1, 0.15) is 23.2 Å². The summed E-state index contributed by atoms with van der Waals surface area (Å²) in [5.74, 6) is -2.18. The molecule has 1 fully saturated rings. The van der Waals surface area contributed by atoms with E-state index in [4.69, 9.17) is 10.5 Å². The number of benzene rings is 1. The molecule has 1 unspecified atom stereocenters. The SMILES string of the molecule is Nc1cc(F)c(F)cc1C(=O)NCCC1CCOC1. The second-order valence-electron chi connectivity index (χ2n) is 4.63. The van der Waals surface area contributed by atoms with E-state index in [-0.39, 0.29) is 11.3 Å². The van der Waals surface area contributed by atoms with Gasteiger partial charge < -0.3 is 15.8 Å². The first kappa shape index (κ1) is 13.7. The summed E-state index contributed by atoms with van der Waals surface area (Å²) in [6, 6.07) is 1.63. The summed E-state index contributed by atoms with van der Waals surface area (Å²) in [6.45, 7) is 1.93. The molecule has 1 saturated heterocycles. The number of nitrogen functional groups attached to an aromatic ring is 1. The lowest BCUT2D eigenvalue weighted by Gasteiger charge is -2.10. The molecule has 0 radical (unpaired) electrons. The van der Waals surface area contributed by atoms with Crippen LogP contribution in [0.15, 0.2) is 12.1 Å². The maximum atomic E-state index is 13.1. The van der Waals surface area contributed by atoms with E-state index in [0.29, 0.717) is 19.1 Å². The van der Waals surface area contributed by atoms with Crippen molar-refractivity contribution in [3.8, 4) is 0 Å². The minimum atomic E-state index is -1.08. The van der Waals surface area contributed by atoms with Crippen LogP contribution in [0.25, 0.3) is 0 Å². The van der Waals surface area contributed by atoms with Gasteiger partial charge >= 0.3 is 0 Å². The van der Waals surface area contributed by atoms with Gasteiger partial charge in [-0.3, -0.25) is 4.79 Å². The van der Waals surface area contributed by atoms with Crippen molar-refractivity contribution in [1.82, 2.24) is 5.32 Å². The molecule has 104 valence electrons. The van der Waals surface area contributed by atoms with Crippen molar-refractivity contribution >= 4 is 11.6 Å². The molecule has 1 aliphatic rings. The Hall–Kier alpha value is -1.69. The molecule has 2 rings (SSSR count). The zero-order valence-corrected chi connectivity index (χ0v) is 10.4. The van der Waals surface area contributed by atoms with Gasteiger partial charge in [0.25, 0.3) is 5.91 Å². The highest BCUT2D eigenvalue weighted by Gasteiger charge is 2.17. The molecule has 19 heavy (non-hydrogen) atoms. The third-order valence-corrected chi connectivity index (χ3v) is 3.20. The number of nitrogens with two attached hydrogens (primary N) is 1. The molecule has 1 amide bonds. The third kappa shape index (κ3) is 3.41. The molecule has 1 atom stereocenters. The maximum absolute atomic E-state index is 13.1. The smallest absolute Gasteiger partial charge is 0.253 e. The van der Waals surface area contributed by atoms with Gasteiger partial charge in [-0.2, -0.15) is 0 Å². The van der Waals surface area contributed by atoms with Gasteiger partial charge in [0, 0.05) is 31.5 Å². The monoisotopic (exact) mass is 270 g/mol. The summed E-state index contributed by atoms with van der Waals surface area (Å²) >= 11 is 0. The van der Waals surface area contributed by atoms with E-state index < -0.39 is 17.5 Å². The molecule has 0 bridgehead atoms. The molecule has 1 heterocycles. The van der Waals surface area contributed by atoms with E-state index in [2.05, 4.69) is 5.32 Å². The van der Waals surface area contributed by atoms with Gasteiger partial charge in [0.2, 0.25) is 0 Å². The van der Waals surface area contributed by atoms with Crippen LogP contribution in [0.5, 0.6) is 0 Å². The van der Waals surface area contributed by atoms with Crippen molar-refractivity contribution in [2.75, 3.05) is 25.5 Å². The largest absolute Gasteiger partial charge is 0.398 e. The van der Waals surface area contributed by atoms with E-state index in [0.717, 1.165) is 31.6 Å². The first-order valence-electron chi connectivity index (χ1n) is 6.18. The van der Waals surface area contributed by atoms with Crippen molar-refractivity contribution in [3.05, 3.63) is 29.3 Å². The highest BCUT2D eigenvalue weighted by atomic mass is 19.2. The predicted molar refractivity (Wildman–Crippen MR) is 66.6 cm³/mol. The molecule has 1 aromatic carbocycles. The van der Waals surface area contributed by atoms with E-state index in [1.54, 1.807) is 0 Å². The summed E-state index contributed by atoms with van der Waals surface area (Å²) in [4.78, 5) is 11.8. The summed E-state index contributed by atoms with van der Waals surface area (Å²) in [6.07, 6.45) is 1.79. The molecule has 0 saturated carbocycles. The van der Waals surface area contributed by atoms with Crippen molar-refractivity contribution in [3.63, 3.8) is 0 Å². The molecular formula is C13H16F2N2O2. The minimum Gasteiger partial charge on any atom is -0.398 e. The third-order valence-electron chi connectivity index (χ3n) is 3.20. The lowest BCUT2D eigenvalue weighted by molar-refractivity contribution is 0.0951. The predicted octanol–water partition coefficient (Wildman–Crippen LogP) is 1.70. The fourth-order valence-electron chi connectivity index (χ4n) is 2.05. The van der Waals surface area contributed by atoms with Crippen LogP contribution >= 0.6 is 0 Å². The number of ether oxygens (including phenoxy) is 1. The van der Waals surface area contributed by atoms with Gasteiger partial charge in [0.1, 0.15) is 0 Å². The van der Waals surface area contributed by atoms with Crippen molar-refractivity contribution in [2.45, 2.75) is 12.8 Å². The first-order valence-corrected chi connectivity index (χ1v) is 6.18. The highest BCUT2D eigenvalue weighted by Crippen LogP contribution is 2.18. The topological polar surface area (TPSA) is 64.4 Å². The lowest BCUT2D eigenvalue weighted by atomic mass is 10.1. The quantitative estimate of drug-likeness (QED) is 0.818. The molecule has 0 aromatic heterocycles. The number of halogens is 2. The second-order valence-corrected chi connectivity index (χ2v) is 4.63. The van der Waals surface area contributed by atoms with Gasteiger partial charge in [-0.15, -0.1) is 0 Å². The zero-order valence-electron chi connectivity index (χ0n) is 10.4. The van der Waals surface area contributed by atoms with Crippen molar-refractivity contribution in [2.24, 2.45) is 5.92 Å². The molecule has 1 aliphatic heterocycles. The van der Waals surface area contributed by atoms with Crippen LogP contribution < -0.4 is 11.1 Å².